The molecule has 0 bridgehead atoms. The number of carbonyl (C=O) groups is 1. The molecule has 1 amide bonds. The van der Waals surface area contributed by atoms with Crippen LogP contribution in [0.25, 0.3) is 0 Å². The van der Waals surface area contributed by atoms with Crippen molar-refractivity contribution in [3.8, 4) is 0 Å². The van der Waals surface area contributed by atoms with E-state index in [0.717, 1.165) is 5.56 Å². The Kier molecular flexibility index (Phi) is 5.72. The number of anilines is 1. The molecule has 0 saturated heterocycles. The molecule has 3 nitrogen and oxygen atoms in total. The van der Waals surface area contributed by atoms with Gasteiger partial charge in [0.2, 0.25) is 5.91 Å². The molecule has 0 atom stereocenters. The Hall–Kier alpha value is -1.91. The fraction of sp³-hybridized carbons (Fsp3) is 0.188. The maximum absolute atomic E-state index is 13.6. The zero-order chi connectivity index (χ0) is 15.1. The molecule has 5 heteroatoms. The van der Waals surface area contributed by atoms with Crippen molar-refractivity contribution in [1.29, 1.82) is 0 Å². The first-order valence-electron chi connectivity index (χ1n) is 6.52. The normalized spacial score (nSPS) is 10.4. The summed E-state index contributed by atoms with van der Waals surface area (Å²) in [7, 11) is 0. The van der Waals surface area contributed by atoms with Crippen LogP contribution in [0.5, 0.6) is 0 Å². The van der Waals surface area contributed by atoms with E-state index in [1.165, 1.54) is 12.1 Å². The molecule has 1 N–H and O–H groups in total. The van der Waals surface area contributed by atoms with E-state index in [1.807, 2.05) is 30.3 Å². The molecule has 21 heavy (non-hydrogen) atoms. The molecule has 0 unspecified atom stereocenters. The summed E-state index contributed by atoms with van der Waals surface area (Å²) in [6.45, 7) is 0.711. The zero-order valence-electron chi connectivity index (χ0n) is 11.3. The number of amides is 1. The molecule has 110 valence electrons. The van der Waals surface area contributed by atoms with Crippen LogP contribution >= 0.6 is 11.6 Å². The van der Waals surface area contributed by atoms with Gasteiger partial charge in [0.25, 0.3) is 0 Å². The molecule has 0 spiro atoms. The predicted molar refractivity (Wildman–Crippen MR) is 80.8 cm³/mol. The number of rotatable bonds is 6. The van der Waals surface area contributed by atoms with E-state index in [0.29, 0.717) is 6.61 Å². The van der Waals surface area contributed by atoms with Crippen molar-refractivity contribution in [3.63, 3.8) is 0 Å². The number of nitrogens with one attached hydrogen (secondary N) is 1. The Morgan fingerprint density at radius 3 is 2.67 bits per heavy atom. The number of hydrogen-bond donors (Lipinski definition) is 1. The van der Waals surface area contributed by atoms with Gasteiger partial charge in [-0.05, 0) is 17.7 Å². The minimum atomic E-state index is -0.627. The van der Waals surface area contributed by atoms with Gasteiger partial charge in [-0.25, -0.2) is 4.39 Å². The lowest BCUT2D eigenvalue weighted by Gasteiger charge is -2.08. The highest BCUT2D eigenvalue weighted by atomic mass is 35.5. The minimum absolute atomic E-state index is 0.0203. The van der Waals surface area contributed by atoms with E-state index >= 15 is 0 Å². The van der Waals surface area contributed by atoms with Crippen molar-refractivity contribution in [1.82, 2.24) is 0 Å². The molecule has 0 aliphatic rings. The number of benzene rings is 2. The summed E-state index contributed by atoms with van der Waals surface area (Å²) in [4.78, 5) is 11.7. The summed E-state index contributed by atoms with van der Waals surface area (Å²) in [6, 6.07) is 14.1. The van der Waals surface area contributed by atoms with Gasteiger partial charge in [0.15, 0.2) is 5.82 Å². The van der Waals surface area contributed by atoms with E-state index in [4.69, 9.17) is 16.3 Å². The third-order valence-electron chi connectivity index (χ3n) is 2.81. The van der Waals surface area contributed by atoms with Gasteiger partial charge < -0.3 is 10.1 Å². The Morgan fingerprint density at radius 1 is 1.14 bits per heavy atom. The molecule has 0 aliphatic heterocycles. The first-order valence-corrected chi connectivity index (χ1v) is 6.90. The third-order valence-corrected chi connectivity index (χ3v) is 3.10. The molecule has 0 aliphatic carbocycles. The van der Waals surface area contributed by atoms with Gasteiger partial charge in [0.1, 0.15) is 0 Å². The van der Waals surface area contributed by atoms with Gasteiger partial charge in [-0.3, -0.25) is 4.79 Å². The molecule has 0 fully saturated rings. The third kappa shape index (κ3) is 4.85. The predicted octanol–water partition coefficient (Wildman–Crippen LogP) is 4.02. The van der Waals surface area contributed by atoms with Crippen LogP contribution in [0.4, 0.5) is 10.1 Å². The summed E-state index contributed by atoms with van der Waals surface area (Å²) in [5.41, 5.74) is 1.12. The SMILES string of the molecule is O=C(CCOCc1ccccc1)Nc1cccc(Cl)c1F. The highest BCUT2D eigenvalue weighted by Crippen LogP contribution is 2.21. The molecule has 0 radical (unpaired) electrons. The van der Waals surface area contributed by atoms with Crippen LogP contribution in [-0.2, 0) is 16.1 Å². The fourth-order valence-corrected chi connectivity index (χ4v) is 1.92. The summed E-state index contributed by atoms with van der Waals surface area (Å²) < 4.78 is 19.0. The maximum atomic E-state index is 13.6. The van der Waals surface area contributed by atoms with Crippen LogP contribution < -0.4 is 5.32 Å². The van der Waals surface area contributed by atoms with Gasteiger partial charge in [-0.1, -0.05) is 48.0 Å². The molecular weight excluding hydrogens is 293 g/mol. The minimum Gasteiger partial charge on any atom is -0.376 e. The van der Waals surface area contributed by atoms with Crippen LogP contribution in [0.2, 0.25) is 5.02 Å². The lowest BCUT2D eigenvalue weighted by atomic mass is 10.2. The lowest BCUT2D eigenvalue weighted by molar-refractivity contribution is -0.117. The van der Waals surface area contributed by atoms with Crippen LogP contribution in [-0.4, -0.2) is 12.5 Å². The van der Waals surface area contributed by atoms with Crippen molar-refractivity contribution in [2.24, 2.45) is 0 Å². The molecule has 2 aromatic rings. The average Bonchev–Trinajstić information content (AvgIpc) is 2.49. The van der Waals surface area contributed by atoms with E-state index in [1.54, 1.807) is 6.07 Å². The molecule has 0 saturated carbocycles. The van der Waals surface area contributed by atoms with Crippen LogP contribution in [0.1, 0.15) is 12.0 Å². The summed E-state index contributed by atoms with van der Waals surface area (Å²) >= 11 is 5.64. The second-order valence-electron chi connectivity index (χ2n) is 4.44. The van der Waals surface area contributed by atoms with E-state index in [2.05, 4.69) is 5.32 Å². The summed E-state index contributed by atoms with van der Waals surface area (Å²) in [5, 5.41) is 2.45. The smallest absolute Gasteiger partial charge is 0.226 e. The van der Waals surface area contributed by atoms with E-state index in [-0.39, 0.29) is 29.6 Å². The molecule has 0 aromatic heterocycles. The van der Waals surface area contributed by atoms with Crippen molar-refractivity contribution in [2.45, 2.75) is 13.0 Å². The van der Waals surface area contributed by atoms with E-state index in [9.17, 15) is 9.18 Å². The van der Waals surface area contributed by atoms with Crippen molar-refractivity contribution in [3.05, 3.63) is 64.9 Å². The highest BCUT2D eigenvalue weighted by Gasteiger charge is 2.09. The first kappa shape index (κ1) is 15.5. The van der Waals surface area contributed by atoms with Gasteiger partial charge in [-0.15, -0.1) is 0 Å². The Bertz CT molecular complexity index is 604. The maximum Gasteiger partial charge on any atom is 0.226 e. The Balaban J connectivity index is 1.74. The second kappa shape index (κ2) is 7.76. The average molecular weight is 308 g/mol. The zero-order valence-corrected chi connectivity index (χ0v) is 12.1. The van der Waals surface area contributed by atoms with Gasteiger partial charge in [0.05, 0.1) is 30.3 Å². The monoisotopic (exact) mass is 307 g/mol. The molecule has 2 aromatic carbocycles. The first-order chi connectivity index (χ1) is 10.2. The Labute approximate surface area is 127 Å². The fourth-order valence-electron chi connectivity index (χ4n) is 1.74. The van der Waals surface area contributed by atoms with Crippen molar-refractivity contribution < 1.29 is 13.9 Å². The van der Waals surface area contributed by atoms with Gasteiger partial charge in [-0.2, -0.15) is 0 Å². The summed E-state index contributed by atoms with van der Waals surface area (Å²) in [5.74, 6) is -0.943. The quantitative estimate of drug-likeness (QED) is 0.818. The number of carbonyl (C=O) groups excluding carboxylic acids is 1. The number of ether oxygens (including phenoxy) is 1. The van der Waals surface area contributed by atoms with Gasteiger partial charge in [0, 0.05) is 0 Å². The number of halogens is 2. The van der Waals surface area contributed by atoms with Crippen LogP contribution in [0.15, 0.2) is 48.5 Å². The topological polar surface area (TPSA) is 38.3 Å². The highest BCUT2D eigenvalue weighted by molar-refractivity contribution is 6.31. The summed E-state index contributed by atoms with van der Waals surface area (Å²) in [6.07, 6.45) is 0.152. The number of hydrogen-bond acceptors (Lipinski definition) is 2. The van der Waals surface area contributed by atoms with Crippen LogP contribution in [0.3, 0.4) is 0 Å². The van der Waals surface area contributed by atoms with Crippen molar-refractivity contribution >= 4 is 23.2 Å². The lowest BCUT2D eigenvalue weighted by Crippen LogP contribution is -2.15. The standard InChI is InChI=1S/C16H15ClFNO2/c17-13-7-4-8-14(16(13)18)19-15(20)9-10-21-11-12-5-2-1-3-6-12/h1-8H,9-11H2,(H,19,20). The van der Waals surface area contributed by atoms with E-state index < -0.39 is 5.82 Å². The molecule has 2 rings (SSSR count). The molecule has 0 heterocycles. The van der Waals surface area contributed by atoms with Crippen molar-refractivity contribution in [2.75, 3.05) is 11.9 Å². The van der Waals surface area contributed by atoms with Crippen LogP contribution in [0, 0.1) is 5.82 Å². The largest absolute Gasteiger partial charge is 0.376 e. The Morgan fingerprint density at radius 2 is 1.90 bits per heavy atom. The molecular formula is C16H15ClFNO2. The second-order valence-corrected chi connectivity index (χ2v) is 4.84. The van der Waals surface area contributed by atoms with Gasteiger partial charge >= 0.3 is 0 Å².